The first-order valence-electron chi connectivity index (χ1n) is 8.22. The largest absolute Gasteiger partial charge is 0.311 e. The van der Waals surface area contributed by atoms with Gasteiger partial charge in [0.15, 0.2) is 0 Å². The summed E-state index contributed by atoms with van der Waals surface area (Å²) in [6.45, 7) is 8.50. The summed E-state index contributed by atoms with van der Waals surface area (Å²) in [6.07, 6.45) is 11.7. The molecule has 2 nitrogen and oxygen atoms in total. The summed E-state index contributed by atoms with van der Waals surface area (Å²) in [5, 5.41) is 3.71. The van der Waals surface area contributed by atoms with E-state index in [1.807, 2.05) is 0 Å². The zero-order valence-electron chi connectivity index (χ0n) is 12.5. The number of nitrogens with one attached hydrogen (secondary N) is 1. The Morgan fingerprint density at radius 1 is 1.06 bits per heavy atom. The molecule has 2 heteroatoms. The summed E-state index contributed by atoms with van der Waals surface area (Å²) in [5.74, 6) is 1.04. The van der Waals surface area contributed by atoms with Crippen LogP contribution in [0.5, 0.6) is 0 Å². The number of piperidine rings is 1. The van der Waals surface area contributed by atoms with Crippen molar-refractivity contribution in [3.8, 4) is 0 Å². The molecule has 0 spiro atoms. The number of likely N-dealkylation sites (tertiary alicyclic amines) is 1. The normalized spacial score (nSPS) is 27.8. The van der Waals surface area contributed by atoms with Gasteiger partial charge in [0.05, 0.1) is 0 Å². The van der Waals surface area contributed by atoms with Gasteiger partial charge in [-0.1, -0.05) is 46.0 Å². The number of hydrogen-bond donors (Lipinski definition) is 1. The Labute approximate surface area is 114 Å². The summed E-state index contributed by atoms with van der Waals surface area (Å²) in [5.41, 5.74) is 0. The van der Waals surface area contributed by atoms with Crippen molar-refractivity contribution in [2.45, 2.75) is 77.3 Å². The Morgan fingerprint density at radius 3 is 2.56 bits per heavy atom. The molecule has 2 aliphatic rings. The molecule has 2 fully saturated rings. The maximum absolute atomic E-state index is 3.71. The van der Waals surface area contributed by atoms with Crippen LogP contribution in [0.4, 0.5) is 0 Å². The van der Waals surface area contributed by atoms with E-state index in [0.29, 0.717) is 6.04 Å². The minimum atomic E-state index is 0.633. The van der Waals surface area contributed by atoms with Crippen molar-refractivity contribution in [3.05, 3.63) is 0 Å². The Balaban J connectivity index is 1.65. The predicted octanol–water partition coefficient (Wildman–Crippen LogP) is 3.42. The van der Waals surface area contributed by atoms with Gasteiger partial charge in [0, 0.05) is 18.6 Å². The van der Waals surface area contributed by atoms with Gasteiger partial charge >= 0.3 is 0 Å². The fraction of sp³-hybridized carbons (Fsp3) is 1.00. The van der Waals surface area contributed by atoms with Gasteiger partial charge in [0.25, 0.3) is 0 Å². The van der Waals surface area contributed by atoms with Crippen molar-refractivity contribution in [2.24, 2.45) is 5.92 Å². The third-order valence-corrected chi connectivity index (χ3v) is 4.65. The van der Waals surface area contributed by atoms with Gasteiger partial charge in [0.1, 0.15) is 0 Å². The number of hydrogen-bond acceptors (Lipinski definition) is 2. The maximum atomic E-state index is 3.71. The van der Waals surface area contributed by atoms with E-state index in [1.165, 1.54) is 71.0 Å². The lowest BCUT2D eigenvalue weighted by Gasteiger charge is -2.35. The maximum Gasteiger partial charge on any atom is 0.0197 e. The van der Waals surface area contributed by atoms with Gasteiger partial charge in [0.2, 0.25) is 0 Å². The quantitative estimate of drug-likeness (QED) is 0.806. The summed E-state index contributed by atoms with van der Waals surface area (Å²) < 4.78 is 0. The van der Waals surface area contributed by atoms with Crippen molar-refractivity contribution < 1.29 is 0 Å². The van der Waals surface area contributed by atoms with E-state index in [-0.39, 0.29) is 0 Å². The van der Waals surface area contributed by atoms with E-state index in [2.05, 4.69) is 24.1 Å². The highest BCUT2D eigenvalue weighted by molar-refractivity contribution is 4.80. The molecule has 106 valence electrons. The van der Waals surface area contributed by atoms with Gasteiger partial charge in [-0.25, -0.2) is 0 Å². The molecular formula is C16H32N2. The lowest BCUT2D eigenvalue weighted by atomic mass is 9.87. The molecule has 1 aliphatic heterocycles. The molecule has 1 unspecified atom stereocenters. The molecule has 0 aromatic heterocycles. The second kappa shape index (κ2) is 7.49. The number of nitrogens with zero attached hydrogens (tertiary/aromatic N) is 1. The average molecular weight is 252 g/mol. The highest BCUT2D eigenvalue weighted by Crippen LogP contribution is 2.26. The second-order valence-electron chi connectivity index (χ2n) is 6.75. The third-order valence-electron chi connectivity index (χ3n) is 4.65. The van der Waals surface area contributed by atoms with E-state index in [4.69, 9.17) is 0 Å². The van der Waals surface area contributed by atoms with Crippen LogP contribution in [-0.4, -0.2) is 36.6 Å². The average Bonchev–Trinajstić information content (AvgIpc) is 2.37. The molecule has 1 heterocycles. The Bertz CT molecular complexity index is 221. The second-order valence-corrected chi connectivity index (χ2v) is 6.75. The van der Waals surface area contributed by atoms with Gasteiger partial charge in [-0.15, -0.1) is 0 Å². The van der Waals surface area contributed by atoms with Gasteiger partial charge in [-0.2, -0.15) is 0 Å². The molecule has 0 radical (unpaired) electrons. The topological polar surface area (TPSA) is 15.3 Å². The zero-order valence-corrected chi connectivity index (χ0v) is 12.5. The van der Waals surface area contributed by atoms with Crippen molar-refractivity contribution in [1.29, 1.82) is 0 Å². The highest BCUT2D eigenvalue weighted by Gasteiger charge is 2.21. The minimum Gasteiger partial charge on any atom is -0.311 e. The van der Waals surface area contributed by atoms with Crippen molar-refractivity contribution in [1.82, 2.24) is 10.2 Å². The molecule has 2 rings (SSSR count). The van der Waals surface area contributed by atoms with E-state index >= 15 is 0 Å². The first-order valence-corrected chi connectivity index (χ1v) is 8.22. The molecule has 18 heavy (non-hydrogen) atoms. The molecule has 1 saturated heterocycles. The zero-order chi connectivity index (χ0) is 12.8. The molecule has 0 bridgehead atoms. The smallest absolute Gasteiger partial charge is 0.0197 e. The predicted molar refractivity (Wildman–Crippen MR) is 78.9 cm³/mol. The SMILES string of the molecule is CC(C)NC1CCCN(CCC2CCCCC2)C1. The number of rotatable bonds is 5. The molecule has 1 saturated carbocycles. The van der Waals surface area contributed by atoms with Gasteiger partial charge in [-0.05, 0) is 38.3 Å². The monoisotopic (exact) mass is 252 g/mol. The molecule has 0 amide bonds. The van der Waals surface area contributed by atoms with Crippen LogP contribution in [0.25, 0.3) is 0 Å². The molecule has 1 N–H and O–H groups in total. The van der Waals surface area contributed by atoms with Crippen molar-refractivity contribution >= 4 is 0 Å². The minimum absolute atomic E-state index is 0.633. The summed E-state index contributed by atoms with van der Waals surface area (Å²) >= 11 is 0. The van der Waals surface area contributed by atoms with Crippen LogP contribution >= 0.6 is 0 Å². The van der Waals surface area contributed by atoms with Gasteiger partial charge < -0.3 is 10.2 Å². The molecular weight excluding hydrogens is 220 g/mol. The Morgan fingerprint density at radius 2 is 1.83 bits per heavy atom. The van der Waals surface area contributed by atoms with Gasteiger partial charge in [-0.3, -0.25) is 0 Å². The van der Waals surface area contributed by atoms with Crippen LogP contribution < -0.4 is 5.32 Å². The van der Waals surface area contributed by atoms with Crippen LogP contribution in [0.1, 0.15) is 65.2 Å². The van der Waals surface area contributed by atoms with Crippen molar-refractivity contribution in [2.75, 3.05) is 19.6 Å². The van der Waals surface area contributed by atoms with Crippen molar-refractivity contribution in [3.63, 3.8) is 0 Å². The summed E-state index contributed by atoms with van der Waals surface area (Å²) in [7, 11) is 0. The third kappa shape index (κ3) is 4.89. The lowest BCUT2D eigenvalue weighted by Crippen LogP contribution is -2.48. The van der Waals surface area contributed by atoms with E-state index < -0.39 is 0 Å². The van der Waals surface area contributed by atoms with Crippen LogP contribution in [0.2, 0.25) is 0 Å². The lowest BCUT2D eigenvalue weighted by molar-refractivity contribution is 0.168. The first kappa shape index (κ1) is 14.3. The first-order chi connectivity index (χ1) is 8.74. The van der Waals surface area contributed by atoms with Crippen LogP contribution in [0, 0.1) is 5.92 Å². The summed E-state index contributed by atoms with van der Waals surface area (Å²) in [4.78, 5) is 2.71. The van der Waals surface area contributed by atoms with Crippen LogP contribution in [0.15, 0.2) is 0 Å². The van der Waals surface area contributed by atoms with E-state index in [0.717, 1.165) is 12.0 Å². The Hall–Kier alpha value is -0.0800. The van der Waals surface area contributed by atoms with Crippen LogP contribution in [0.3, 0.4) is 0 Å². The molecule has 0 aromatic carbocycles. The highest BCUT2D eigenvalue weighted by atomic mass is 15.2. The summed E-state index contributed by atoms with van der Waals surface area (Å²) in [6, 6.07) is 1.37. The van der Waals surface area contributed by atoms with E-state index in [1.54, 1.807) is 0 Å². The fourth-order valence-corrected chi connectivity index (χ4v) is 3.71. The standard InChI is InChI=1S/C16H32N2/c1-14(2)17-16-9-6-11-18(13-16)12-10-15-7-4-3-5-8-15/h14-17H,3-13H2,1-2H3. The van der Waals surface area contributed by atoms with E-state index in [9.17, 15) is 0 Å². The molecule has 1 aliphatic carbocycles. The molecule has 0 aromatic rings. The van der Waals surface area contributed by atoms with Crippen LogP contribution in [-0.2, 0) is 0 Å². The Kier molecular flexibility index (Phi) is 5.97. The molecule has 1 atom stereocenters. The fourth-order valence-electron chi connectivity index (χ4n) is 3.71.